The van der Waals surface area contributed by atoms with E-state index in [1.165, 1.54) is 6.92 Å². The van der Waals surface area contributed by atoms with E-state index >= 15 is 0 Å². The first-order chi connectivity index (χ1) is 10.6. The Morgan fingerprint density at radius 1 is 1.04 bits per heavy atom. The Bertz CT molecular complexity index is 463. The van der Waals surface area contributed by atoms with E-state index in [0.29, 0.717) is 13.0 Å². The van der Waals surface area contributed by atoms with Gasteiger partial charge in [0.1, 0.15) is 0 Å². The molecule has 0 heterocycles. The van der Waals surface area contributed by atoms with Crippen LogP contribution in [0.3, 0.4) is 0 Å². The van der Waals surface area contributed by atoms with Gasteiger partial charge in [0.2, 0.25) is 11.8 Å². The van der Waals surface area contributed by atoms with Crippen LogP contribution in [-0.2, 0) is 16.0 Å². The Labute approximate surface area is 144 Å². The number of anilines is 1. The summed E-state index contributed by atoms with van der Waals surface area (Å²) in [6, 6.07) is 7.67. The van der Waals surface area contributed by atoms with Crippen LogP contribution in [0.1, 0.15) is 44.6 Å². The van der Waals surface area contributed by atoms with Crippen LogP contribution in [0.2, 0.25) is 0 Å². The Morgan fingerprint density at radius 2 is 1.70 bits per heavy atom. The minimum Gasteiger partial charge on any atom is -0.356 e. The highest BCUT2D eigenvalue weighted by atomic mass is 35.5. The molecule has 0 saturated carbocycles. The Morgan fingerprint density at radius 3 is 2.30 bits per heavy atom. The molecule has 0 bridgehead atoms. The largest absolute Gasteiger partial charge is 0.356 e. The highest BCUT2D eigenvalue weighted by Crippen LogP contribution is 2.09. The molecule has 1 aromatic carbocycles. The summed E-state index contributed by atoms with van der Waals surface area (Å²) in [5.74, 6) is 0.0362. The van der Waals surface area contributed by atoms with Gasteiger partial charge in [0, 0.05) is 25.6 Å². The zero-order valence-corrected chi connectivity index (χ0v) is 14.6. The summed E-state index contributed by atoms with van der Waals surface area (Å²) in [4.78, 5) is 22.6. The lowest BCUT2D eigenvalue weighted by molar-refractivity contribution is -0.121. The predicted molar refractivity (Wildman–Crippen MR) is 96.8 cm³/mol. The third-order valence-electron chi connectivity index (χ3n) is 3.37. The van der Waals surface area contributed by atoms with E-state index in [0.717, 1.165) is 49.9 Å². The van der Waals surface area contributed by atoms with Crippen molar-refractivity contribution in [3.05, 3.63) is 29.8 Å². The van der Waals surface area contributed by atoms with Crippen molar-refractivity contribution in [2.75, 3.05) is 18.4 Å². The van der Waals surface area contributed by atoms with Crippen LogP contribution in [0.5, 0.6) is 0 Å². The maximum atomic E-state index is 11.7. The van der Waals surface area contributed by atoms with Gasteiger partial charge in [0.25, 0.3) is 0 Å². The maximum absolute atomic E-state index is 11.7. The van der Waals surface area contributed by atoms with Crippen molar-refractivity contribution >= 4 is 29.9 Å². The van der Waals surface area contributed by atoms with Crippen LogP contribution >= 0.6 is 12.4 Å². The van der Waals surface area contributed by atoms with Gasteiger partial charge in [-0.05, 0) is 43.5 Å². The third-order valence-corrected chi connectivity index (χ3v) is 3.37. The lowest BCUT2D eigenvalue weighted by atomic mass is 10.1. The van der Waals surface area contributed by atoms with Crippen molar-refractivity contribution in [3.8, 4) is 0 Å². The zero-order chi connectivity index (χ0) is 16.2. The molecule has 0 aliphatic carbocycles. The summed E-state index contributed by atoms with van der Waals surface area (Å²) in [5.41, 5.74) is 7.35. The van der Waals surface area contributed by atoms with Crippen molar-refractivity contribution < 1.29 is 9.59 Å². The fourth-order valence-electron chi connectivity index (χ4n) is 2.18. The summed E-state index contributed by atoms with van der Waals surface area (Å²) in [6.45, 7) is 2.85. The minimum absolute atomic E-state index is 0. The Hall–Kier alpha value is -1.59. The molecule has 0 unspecified atom stereocenters. The van der Waals surface area contributed by atoms with Gasteiger partial charge in [-0.1, -0.05) is 25.0 Å². The first kappa shape index (κ1) is 21.4. The highest BCUT2D eigenvalue weighted by Gasteiger charge is 2.01. The number of nitrogens with two attached hydrogens (primary N) is 1. The molecule has 1 rings (SSSR count). The number of halogens is 1. The van der Waals surface area contributed by atoms with Gasteiger partial charge in [-0.25, -0.2) is 0 Å². The molecule has 0 aliphatic heterocycles. The summed E-state index contributed by atoms with van der Waals surface area (Å²) in [5, 5.41) is 5.66. The maximum Gasteiger partial charge on any atom is 0.221 e. The SMILES string of the molecule is CC(=O)Nc1ccc(CCNC(=O)CCCCCCN)cc1.Cl. The van der Waals surface area contributed by atoms with Gasteiger partial charge in [-0.15, -0.1) is 12.4 Å². The summed E-state index contributed by atoms with van der Waals surface area (Å²) < 4.78 is 0. The molecular weight excluding hydrogens is 314 g/mol. The second-order valence-corrected chi connectivity index (χ2v) is 5.43. The Balaban J connectivity index is 0.00000484. The lowest BCUT2D eigenvalue weighted by Gasteiger charge is -2.07. The number of carbonyl (C=O) groups excluding carboxylic acids is 2. The second-order valence-electron chi connectivity index (χ2n) is 5.43. The Kier molecular flexibility index (Phi) is 12.0. The molecule has 23 heavy (non-hydrogen) atoms. The van der Waals surface area contributed by atoms with Crippen molar-refractivity contribution in [1.29, 1.82) is 0 Å². The van der Waals surface area contributed by atoms with Gasteiger partial charge in [0.15, 0.2) is 0 Å². The third kappa shape index (κ3) is 10.7. The molecule has 0 fully saturated rings. The van der Waals surface area contributed by atoms with E-state index in [4.69, 9.17) is 5.73 Å². The van der Waals surface area contributed by atoms with E-state index in [1.807, 2.05) is 24.3 Å². The van der Waals surface area contributed by atoms with Crippen LogP contribution < -0.4 is 16.4 Å². The summed E-state index contributed by atoms with van der Waals surface area (Å²) in [7, 11) is 0. The fraction of sp³-hybridized carbons (Fsp3) is 0.529. The average Bonchev–Trinajstić information content (AvgIpc) is 2.48. The number of nitrogens with one attached hydrogen (secondary N) is 2. The van der Waals surface area contributed by atoms with Gasteiger partial charge < -0.3 is 16.4 Å². The molecule has 2 amide bonds. The second kappa shape index (κ2) is 12.9. The van der Waals surface area contributed by atoms with Crippen LogP contribution in [-0.4, -0.2) is 24.9 Å². The number of hydrogen-bond acceptors (Lipinski definition) is 3. The van der Waals surface area contributed by atoms with Crippen LogP contribution in [0.4, 0.5) is 5.69 Å². The van der Waals surface area contributed by atoms with Crippen LogP contribution in [0.15, 0.2) is 24.3 Å². The molecule has 0 spiro atoms. The summed E-state index contributed by atoms with van der Waals surface area (Å²) >= 11 is 0. The fourth-order valence-corrected chi connectivity index (χ4v) is 2.18. The average molecular weight is 342 g/mol. The van der Waals surface area contributed by atoms with E-state index in [-0.39, 0.29) is 24.2 Å². The smallest absolute Gasteiger partial charge is 0.221 e. The molecule has 0 saturated heterocycles. The lowest BCUT2D eigenvalue weighted by Crippen LogP contribution is -2.25. The highest BCUT2D eigenvalue weighted by molar-refractivity contribution is 5.88. The van der Waals surface area contributed by atoms with Crippen molar-refractivity contribution in [2.24, 2.45) is 5.73 Å². The molecule has 0 aliphatic rings. The van der Waals surface area contributed by atoms with Crippen LogP contribution in [0, 0.1) is 0 Å². The number of hydrogen-bond donors (Lipinski definition) is 3. The number of amides is 2. The van der Waals surface area contributed by atoms with E-state index in [2.05, 4.69) is 10.6 Å². The molecule has 6 heteroatoms. The summed E-state index contributed by atoms with van der Waals surface area (Å²) in [6.07, 6.45) is 5.51. The topological polar surface area (TPSA) is 84.2 Å². The quantitative estimate of drug-likeness (QED) is 0.572. The molecule has 5 nitrogen and oxygen atoms in total. The van der Waals surface area contributed by atoms with Crippen molar-refractivity contribution in [3.63, 3.8) is 0 Å². The molecule has 0 radical (unpaired) electrons. The molecular formula is C17H28ClN3O2. The van der Waals surface area contributed by atoms with Gasteiger partial charge in [0.05, 0.1) is 0 Å². The van der Waals surface area contributed by atoms with Gasteiger partial charge in [-0.2, -0.15) is 0 Å². The van der Waals surface area contributed by atoms with E-state index in [9.17, 15) is 9.59 Å². The minimum atomic E-state index is -0.0773. The molecule has 0 atom stereocenters. The monoisotopic (exact) mass is 341 g/mol. The molecule has 1 aromatic rings. The normalized spacial score (nSPS) is 9.83. The number of benzene rings is 1. The number of unbranched alkanes of at least 4 members (excludes halogenated alkanes) is 3. The van der Waals surface area contributed by atoms with E-state index < -0.39 is 0 Å². The molecule has 130 valence electrons. The standard InChI is InChI=1S/C17H27N3O2.ClH/c1-14(21)20-16-9-7-15(8-10-16)11-13-19-17(22)6-4-2-3-5-12-18;/h7-10H,2-6,11-13,18H2,1H3,(H,19,22)(H,20,21);1H. The van der Waals surface area contributed by atoms with Gasteiger partial charge in [-0.3, -0.25) is 9.59 Å². The number of rotatable bonds is 10. The van der Waals surface area contributed by atoms with Crippen molar-refractivity contribution in [1.82, 2.24) is 5.32 Å². The first-order valence-corrected chi connectivity index (χ1v) is 7.95. The number of carbonyl (C=O) groups is 2. The van der Waals surface area contributed by atoms with Crippen LogP contribution in [0.25, 0.3) is 0 Å². The van der Waals surface area contributed by atoms with Gasteiger partial charge >= 0.3 is 0 Å². The first-order valence-electron chi connectivity index (χ1n) is 7.95. The predicted octanol–water partition coefficient (Wildman–Crippen LogP) is 2.63. The molecule has 0 aromatic heterocycles. The van der Waals surface area contributed by atoms with Crippen molar-refractivity contribution in [2.45, 2.75) is 45.4 Å². The van der Waals surface area contributed by atoms with E-state index in [1.54, 1.807) is 0 Å². The zero-order valence-electron chi connectivity index (χ0n) is 13.8. The molecule has 4 N–H and O–H groups in total.